The molecule has 0 radical (unpaired) electrons. The molecule has 8 heteroatoms. The molecule has 2 N–H and O–H groups in total. The van der Waals surface area contributed by atoms with Crippen molar-refractivity contribution in [1.82, 2.24) is 25.9 Å². The number of nitrogens with zero attached hydrogens (tertiary/aromatic N) is 3. The van der Waals surface area contributed by atoms with Crippen LogP contribution >= 0.6 is 0 Å². The highest BCUT2D eigenvalue weighted by molar-refractivity contribution is 5.77. The number of carbonyl (C=O) groups is 1. The largest absolute Gasteiger partial charge is 0.347 e. The summed E-state index contributed by atoms with van der Waals surface area (Å²) in [5.74, 6) is -2.83. The summed E-state index contributed by atoms with van der Waals surface area (Å²) in [6.07, 6.45) is 0.638. The van der Waals surface area contributed by atoms with Gasteiger partial charge in [-0.3, -0.25) is 4.79 Å². The van der Waals surface area contributed by atoms with Gasteiger partial charge in [0, 0.05) is 18.3 Å². The molecule has 0 bridgehead atoms. The van der Waals surface area contributed by atoms with Crippen LogP contribution in [0.25, 0.3) is 0 Å². The SMILES string of the molecule is CC(C)(CC(=O)NC1CCCC1(F)F)c1nn[nH]n1. The predicted molar refractivity (Wildman–Crippen MR) is 62.5 cm³/mol. The third-order valence-electron chi connectivity index (χ3n) is 3.40. The third-order valence-corrected chi connectivity index (χ3v) is 3.40. The van der Waals surface area contributed by atoms with Crippen LogP contribution in [0.1, 0.15) is 45.4 Å². The first-order valence-corrected chi connectivity index (χ1v) is 6.22. The highest BCUT2D eigenvalue weighted by Gasteiger charge is 2.45. The number of amides is 1. The lowest BCUT2D eigenvalue weighted by Gasteiger charge is -2.24. The minimum atomic E-state index is -2.80. The van der Waals surface area contributed by atoms with Gasteiger partial charge in [-0.1, -0.05) is 19.1 Å². The zero-order chi connectivity index (χ0) is 14.1. The van der Waals surface area contributed by atoms with Gasteiger partial charge >= 0.3 is 0 Å². The highest BCUT2D eigenvalue weighted by Crippen LogP contribution is 2.35. The second-order valence-electron chi connectivity index (χ2n) is 5.57. The van der Waals surface area contributed by atoms with Crippen LogP contribution in [0.5, 0.6) is 0 Å². The maximum atomic E-state index is 13.4. The Morgan fingerprint density at radius 3 is 2.84 bits per heavy atom. The number of hydrogen-bond acceptors (Lipinski definition) is 4. The maximum Gasteiger partial charge on any atom is 0.267 e. The number of hydrogen-bond donors (Lipinski definition) is 2. The Bertz CT molecular complexity index is 446. The van der Waals surface area contributed by atoms with Crippen LogP contribution in [-0.2, 0) is 10.2 Å². The highest BCUT2D eigenvalue weighted by atomic mass is 19.3. The molecule has 1 atom stereocenters. The Morgan fingerprint density at radius 1 is 1.58 bits per heavy atom. The van der Waals surface area contributed by atoms with E-state index in [9.17, 15) is 13.6 Å². The number of rotatable bonds is 4. The summed E-state index contributed by atoms with van der Waals surface area (Å²) in [5, 5.41) is 15.8. The molecule has 1 amide bonds. The first kappa shape index (κ1) is 13.8. The van der Waals surface area contributed by atoms with Crippen molar-refractivity contribution in [2.45, 2.75) is 56.9 Å². The van der Waals surface area contributed by atoms with Gasteiger partial charge in [-0.25, -0.2) is 8.78 Å². The number of carbonyl (C=O) groups excluding carboxylic acids is 1. The van der Waals surface area contributed by atoms with Crippen LogP contribution < -0.4 is 5.32 Å². The van der Waals surface area contributed by atoms with Gasteiger partial charge < -0.3 is 5.32 Å². The lowest BCUT2D eigenvalue weighted by atomic mass is 9.88. The molecule has 0 aliphatic heterocycles. The molecule has 0 aromatic carbocycles. The van der Waals surface area contributed by atoms with Crippen LogP contribution in [0.2, 0.25) is 0 Å². The van der Waals surface area contributed by atoms with E-state index in [1.54, 1.807) is 13.8 Å². The molecule has 1 aromatic rings. The minimum Gasteiger partial charge on any atom is -0.347 e. The molecule has 1 aliphatic rings. The summed E-state index contributed by atoms with van der Waals surface area (Å²) in [6.45, 7) is 3.54. The standard InChI is InChI=1S/C11H17F2N5O/c1-10(2,9-15-17-18-16-9)6-8(19)14-7-4-3-5-11(7,12)13/h7H,3-6H2,1-2H3,(H,14,19)(H,15,16,17,18). The number of alkyl halides is 2. The van der Waals surface area contributed by atoms with Gasteiger partial charge in [0.25, 0.3) is 5.92 Å². The summed E-state index contributed by atoms with van der Waals surface area (Å²) in [5.41, 5.74) is -0.648. The average Bonchev–Trinajstić information content (AvgIpc) is 2.88. The Morgan fingerprint density at radius 2 is 2.32 bits per heavy atom. The number of halogens is 2. The van der Waals surface area contributed by atoms with Crippen molar-refractivity contribution in [2.75, 3.05) is 0 Å². The normalized spacial score (nSPS) is 22.4. The van der Waals surface area contributed by atoms with E-state index >= 15 is 0 Å². The van der Waals surface area contributed by atoms with Crippen LogP contribution in [0.3, 0.4) is 0 Å². The quantitative estimate of drug-likeness (QED) is 0.862. The molecule has 1 saturated carbocycles. The molecular weight excluding hydrogens is 256 g/mol. The maximum absolute atomic E-state index is 13.4. The molecular formula is C11H17F2N5O. The summed E-state index contributed by atoms with van der Waals surface area (Å²) in [4.78, 5) is 11.9. The summed E-state index contributed by atoms with van der Waals surface area (Å²) in [6, 6.07) is -1.05. The van der Waals surface area contributed by atoms with Crippen molar-refractivity contribution >= 4 is 5.91 Å². The molecule has 1 heterocycles. The van der Waals surface area contributed by atoms with E-state index in [1.807, 2.05) is 0 Å². The van der Waals surface area contributed by atoms with E-state index < -0.39 is 23.3 Å². The second-order valence-corrected chi connectivity index (χ2v) is 5.57. The van der Waals surface area contributed by atoms with Gasteiger partial charge in [-0.05, 0) is 12.8 Å². The molecule has 1 aromatic heterocycles. The van der Waals surface area contributed by atoms with Gasteiger partial charge in [0.15, 0.2) is 5.82 Å². The number of nitrogens with one attached hydrogen (secondary N) is 2. The van der Waals surface area contributed by atoms with Gasteiger partial charge in [0.2, 0.25) is 5.91 Å². The average molecular weight is 273 g/mol. The Balaban J connectivity index is 1.95. The first-order valence-electron chi connectivity index (χ1n) is 6.22. The molecule has 1 fully saturated rings. The van der Waals surface area contributed by atoms with Crippen molar-refractivity contribution in [3.8, 4) is 0 Å². The van der Waals surface area contributed by atoms with E-state index in [4.69, 9.17) is 0 Å². The fourth-order valence-corrected chi connectivity index (χ4v) is 2.28. The van der Waals surface area contributed by atoms with Gasteiger partial charge in [0.05, 0.1) is 6.04 Å². The van der Waals surface area contributed by atoms with Gasteiger partial charge in [-0.2, -0.15) is 5.21 Å². The van der Waals surface area contributed by atoms with Crippen LogP contribution in [0.4, 0.5) is 8.78 Å². The van der Waals surface area contributed by atoms with Crippen molar-refractivity contribution in [3.05, 3.63) is 5.82 Å². The Kier molecular flexibility index (Phi) is 3.51. The molecule has 2 rings (SSSR count). The van der Waals surface area contributed by atoms with Crippen LogP contribution in [0, 0.1) is 0 Å². The predicted octanol–water partition coefficient (Wildman–Crippen LogP) is 1.17. The van der Waals surface area contributed by atoms with Crippen LogP contribution in [-0.4, -0.2) is 38.5 Å². The number of tetrazole rings is 1. The van der Waals surface area contributed by atoms with Crippen molar-refractivity contribution in [2.24, 2.45) is 0 Å². The molecule has 1 unspecified atom stereocenters. The van der Waals surface area contributed by atoms with E-state index in [2.05, 4.69) is 25.9 Å². The van der Waals surface area contributed by atoms with Crippen molar-refractivity contribution < 1.29 is 13.6 Å². The molecule has 6 nitrogen and oxygen atoms in total. The Labute approximate surface area is 109 Å². The van der Waals surface area contributed by atoms with Crippen molar-refractivity contribution in [3.63, 3.8) is 0 Å². The second kappa shape index (κ2) is 4.82. The van der Waals surface area contributed by atoms with Crippen LogP contribution in [0.15, 0.2) is 0 Å². The van der Waals surface area contributed by atoms with Crippen molar-refractivity contribution in [1.29, 1.82) is 0 Å². The molecule has 0 saturated heterocycles. The van der Waals surface area contributed by atoms with E-state index in [0.717, 1.165) is 0 Å². The first-order chi connectivity index (χ1) is 8.81. The fourth-order valence-electron chi connectivity index (χ4n) is 2.28. The molecule has 1 aliphatic carbocycles. The number of aromatic nitrogens is 4. The zero-order valence-electron chi connectivity index (χ0n) is 10.9. The van der Waals surface area contributed by atoms with E-state index in [1.165, 1.54) is 0 Å². The molecule has 19 heavy (non-hydrogen) atoms. The lowest BCUT2D eigenvalue weighted by Crippen LogP contribution is -2.45. The zero-order valence-corrected chi connectivity index (χ0v) is 10.9. The summed E-state index contributed by atoms with van der Waals surface area (Å²) >= 11 is 0. The number of H-pyrrole nitrogens is 1. The smallest absolute Gasteiger partial charge is 0.267 e. The topological polar surface area (TPSA) is 83.6 Å². The number of aromatic amines is 1. The lowest BCUT2D eigenvalue weighted by molar-refractivity contribution is -0.125. The van der Waals surface area contributed by atoms with E-state index in [0.29, 0.717) is 18.7 Å². The fraction of sp³-hybridized carbons (Fsp3) is 0.818. The Hall–Kier alpha value is -1.60. The summed E-state index contributed by atoms with van der Waals surface area (Å²) in [7, 11) is 0. The van der Waals surface area contributed by atoms with E-state index in [-0.39, 0.29) is 12.8 Å². The molecule has 106 valence electrons. The minimum absolute atomic E-state index is 0.0408. The molecule has 0 spiro atoms. The summed E-state index contributed by atoms with van der Waals surface area (Å²) < 4.78 is 26.8. The third kappa shape index (κ3) is 3.05. The van der Waals surface area contributed by atoms with Gasteiger partial charge in [-0.15, -0.1) is 10.2 Å². The monoisotopic (exact) mass is 273 g/mol. The van der Waals surface area contributed by atoms with Gasteiger partial charge in [0.1, 0.15) is 0 Å².